The SMILES string of the molecule is O=C(Nc1ccc(F)c(F)c1)c1ccnc(C(=O)N2CCCCCC2)c1. The average Bonchev–Trinajstić information content (AvgIpc) is 2.93. The van der Waals surface area contributed by atoms with Crippen LogP contribution in [0.15, 0.2) is 36.5 Å². The molecule has 0 radical (unpaired) electrons. The van der Waals surface area contributed by atoms with Crippen LogP contribution in [0.3, 0.4) is 0 Å². The Labute approximate surface area is 150 Å². The highest BCUT2D eigenvalue weighted by Gasteiger charge is 2.19. The van der Waals surface area contributed by atoms with Crippen molar-refractivity contribution in [3.05, 3.63) is 59.4 Å². The maximum atomic E-state index is 13.3. The summed E-state index contributed by atoms with van der Waals surface area (Å²) >= 11 is 0. The largest absolute Gasteiger partial charge is 0.337 e. The van der Waals surface area contributed by atoms with Crippen LogP contribution < -0.4 is 5.32 Å². The predicted octanol–water partition coefficient (Wildman–Crippen LogP) is 3.63. The van der Waals surface area contributed by atoms with Crippen molar-refractivity contribution >= 4 is 17.5 Å². The lowest BCUT2D eigenvalue weighted by Crippen LogP contribution is -2.32. The summed E-state index contributed by atoms with van der Waals surface area (Å²) in [6, 6.07) is 5.99. The summed E-state index contributed by atoms with van der Waals surface area (Å²) < 4.78 is 26.2. The lowest BCUT2D eigenvalue weighted by Gasteiger charge is -2.19. The average molecular weight is 359 g/mol. The van der Waals surface area contributed by atoms with Crippen LogP contribution in [0.4, 0.5) is 14.5 Å². The van der Waals surface area contributed by atoms with Crippen molar-refractivity contribution in [2.75, 3.05) is 18.4 Å². The van der Waals surface area contributed by atoms with Gasteiger partial charge >= 0.3 is 0 Å². The predicted molar refractivity (Wildman–Crippen MR) is 92.9 cm³/mol. The molecule has 0 unspecified atom stereocenters. The number of halogens is 2. The molecule has 0 aliphatic carbocycles. The van der Waals surface area contributed by atoms with Gasteiger partial charge in [0.15, 0.2) is 11.6 Å². The Balaban J connectivity index is 1.74. The zero-order chi connectivity index (χ0) is 18.5. The molecule has 5 nitrogen and oxygen atoms in total. The van der Waals surface area contributed by atoms with E-state index in [0.717, 1.165) is 37.8 Å². The van der Waals surface area contributed by atoms with E-state index in [4.69, 9.17) is 0 Å². The van der Waals surface area contributed by atoms with Gasteiger partial charge in [-0.25, -0.2) is 8.78 Å². The van der Waals surface area contributed by atoms with E-state index in [1.807, 2.05) is 0 Å². The fraction of sp³-hybridized carbons (Fsp3) is 0.316. The monoisotopic (exact) mass is 359 g/mol. The minimum absolute atomic E-state index is 0.131. The Kier molecular flexibility index (Phi) is 5.55. The van der Waals surface area contributed by atoms with Gasteiger partial charge in [-0.2, -0.15) is 0 Å². The van der Waals surface area contributed by atoms with Crippen LogP contribution in [-0.2, 0) is 0 Å². The highest BCUT2D eigenvalue weighted by Crippen LogP contribution is 2.16. The third-order valence-electron chi connectivity index (χ3n) is 4.31. The molecule has 2 amide bonds. The molecule has 26 heavy (non-hydrogen) atoms. The highest BCUT2D eigenvalue weighted by atomic mass is 19.2. The number of carbonyl (C=O) groups is 2. The Morgan fingerprint density at radius 1 is 0.962 bits per heavy atom. The molecule has 3 rings (SSSR count). The number of carbonyl (C=O) groups excluding carboxylic acids is 2. The summed E-state index contributed by atoms with van der Waals surface area (Å²) in [5, 5.41) is 2.48. The molecule has 1 fully saturated rings. The number of hydrogen-bond donors (Lipinski definition) is 1. The number of nitrogens with zero attached hydrogens (tertiary/aromatic N) is 2. The molecule has 1 saturated heterocycles. The third-order valence-corrected chi connectivity index (χ3v) is 4.31. The van der Waals surface area contributed by atoms with Crippen molar-refractivity contribution in [3.8, 4) is 0 Å². The Morgan fingerprint density at radius 2 is 1.69 bits per heavy atom. The number of hydrogen-bond acceptors (Lipinski definition) is 3. The minimum Gasteiger partial charge on any atom is -0.337 e. The zero-order valence-electron chi connectivity index (χ0n) is 14.2. The van der Waals surface area contributed by atoms with E-state index >= 15 is 0 Å². The molecule has 7 heteroatoms. The summed E-state index contributed by atoms with van der Waals surface area (Å²) in [5.41, 5.74) is 0.554. The summed E-state index contributed by atoms with van der Waals surface area (Å²) in [4.78, 5) is 30.8. The van der Waals surface area contributed by atoms with Gasteiger partial charge in [0.1, 0.15) is 5.69 Å². The molecular weight excluding hydrogens is 340 g/mol. The number of benzene rings is 1. The number of amides is 2. The molecule has 2 aromatic rings. The van der Waals surface area contributed by atoms with Crippen LogP contribution in [0.2, 0.25) is 0 Å². The molecule has 0 bridgehead atoms. The topological polar surface area (TPSA) is 62.3 Å². The molecule has 0 saturated carbocycles. The van der Waals surface area contributed by atoms with E-state index in [2.05, 4.69) is 10.3 Å². The molecule has 1 aliphatic heterocycles. The minimum atomic E-state index is -1.05. The van der Waals surface area contributed by atoms with Crippen molar-refractivity contribution in [2.24, 2.45) is 0 Å². The van der Waals surface area contributed by atoms with Crippen LogP contribution in [0.5, 0.6) is 0 Å². The highest BCUT2D eigenvalue weighted by molar-refractivity contribution is 6.05. The first kappa shape index (κ1) is 18.0. The molecule has 0 spiro atoms. The van der Waals surface area contributed by atoms with Crippen LogP contribution in [0.25, 0.3) is 0 Å². The quantitative estimate of drug-likeness (QED) is 0.910. The van der Waals surface area contributed by atoms with Crippen molar-refractivity contribution in [2.45, 2.75) is 25.7 Å². The lowest BCUT2D eigenvalue weighted by atomic mass is 10.2. The van der Waals surface area contributed by atoms with Crippen LogP contribution in [-0.4, -0.2) is 34.8 Å². The molecule has 0 atom stereocenters. The van der Waals surface area contributed by atoms with Gasteiger partial charge in [0, 0.05) is 36.6 Å². The van der Waals surface area contributed by atoms with Gasteiger partial charge in [-0.15, -0.1) is 0 Å². The van der Waals surface area contributed by atoms with Gasteiger partial charge in [-0.3, -0.25) is 14.6 Å². The van der Waals surface area contributed by atoms with Gasteiger partial charge in [-0.1, -0.05) is 12.8 Å². The van der Waals surface area contributed by atoms with Gasteiger partial charge in [0.25, 0.3) is 11.8 Å². The molecule has 136 valence electrons. The van der Waals surface area contributed by atoms with Gasteiger partial charge in [-0.05, 0) is 37.1 Å². The van der Waals surface area contributed by atoms with Gasteiger partial charge < -0.3 is 10.2 Å². The fourth-order valence-corrected chi connectivity index (χ4v) is 2.90. The standard InChI is InChI=1S/C19H19F2N3O2/c20-15-6-5-14(12-16(15)21)23-18(25)13-7-8-22-17(11-13)19(26)24-9-3-1-2-4-10-24/h5-8,11-12H,1-4,9-10H2,(H,23,25). The van der Waals surface area contributed by atoms with E-state index in [1.54, 1.807) is 4.90 Å². The lowest BCUT2D eigenvalue weighted by molar-refractivity contribution is 0.0755. The Hall–Kier alpha value is -2.83. The molecule has 1 aliphatic rings. The smallest absolute Gasteiger partial charge is 0.272 e. The number of likely N-dealkylation sites (tertiary alicyclic amines) is 1. The second kappa shape index (κ2) is 8.03. The summed E-state index contributed by atoms with van der Waals surface area (Å²) in [6.45, 7) is 1.37. The maximum Gasteiger partial charge on any atom is 0.272 e. The fourth-order valence-electron chi connectivity index (χ4n) is 2.90. The van der Waals surface area contributed by atoms with E-state index in [-0.39, 0.29) is 22.9 Å². The molecule has 2 heterocycles. The van der Waals surface area contributed by atoms with E-state index < -0.39 is 17.5 Å². The van der Waals surface area contributed by atoms with E-state index in [1.165, 1.54) is 24.4 Å². The van der Waals surface area contributed by atoms with Crippen molar-refractivity contribution in [1.29, 1.82) is 0 Å². The van der Waals surface area contributed by atoms with Crippen LogP contribution in [0.1, 0.15) is 46.5 Å². The molecule has 1 aromatic heterocycles. The van der Waals surface area contributed by atoms with Crippen molar-refractivity contribution in [1.82, 2.24) is 9.88 Å². The summed E-state index contributed by atoms with van der Waals surface area (Å²) in [7, 11) is 0. The maximum absolute atomic E-state index is 13.3. The first-order valence-electron chi connectivity index (χ1n) is 8.56. The summed E-state index contributed by atoms with van der Waals surface area (Å²) in [5.74, 6) is -2.76. The van der Waals surface area contributed by atoms with Gasteiger partial charge in [0.2, 0.25) is 0 Å². The van der Waals surface area contributed by atoms with Crippen LogP contribution >= 0.6 is 0 Å². The van der Waals surface area contributed by atoms with Gasteiger partial charge in [0.05, 0.1) is 0 Å². The number of rotatable bonds is 3. The first-order valence-corrected chi connectivity index (χ1v) is 8.56. The normalized spacial score (nSPS) is 14.6. The number of aromatic nitrogens is 1. The van der Waals surface area contributed by atoms with E-state index in [9.17, 15) is 18.4 Å². The molecule has 1 N–H and O–H groups in total. The van der Waals surface area contributed by atoms with Crippen molar-refractivity contribution < 1.29 is 18.4 Å². The number of pyridine rings is 1. The Bertz CT molecular complexity index is 818. The Morgan fingerprint density at radius 3 is 2.38 bits per heavy atom. The number of anilines is 1. The second-order valence-corrected chi connectivity index (χ2v) is 6.22. The van der Waals surface area contributed by atoms with E-state index in [0.29, 0.717) is 13.1 Å². The first-order chi connectivity index (χ1) is 12.5. The third kappa shape index (κ3) is 4.22. The second-order valence-electron chi connectivity index (χ2n) is 6.22. The summed E-state index contributed by atoms with van der Waals surface area (Å²) in [6.07, 6.45) is 5.52. The van der Waals surface area contributed by atoms with Crippen molar-refractivity contribution in [3.63, 3.8) is 0 Å². The molecule has 1 aromatic carbocycles. The van der Waals surface area contributed by atoms with Crippen LogP contribution in [0, 0.1) is 11.6 Å². The number of nitrogens with one attached hydrogen (secondary N) is 1. The molecular formula is C19H19F2N3O2. The zero-order valence-corrected chi connectivity index (χ0v) is 14.2.